The first kappa shape index (κ1) is 18.3. The number of ether oxygens (including phenoxy) is 1. The predicted molar refractivity (Wildman–Crippen MR) is 112 cm³/mol. The van der Waals surface area contributed by atoms with Crippen molar-refractivity contribution in [2.45, 2.75) is 25.6 Å². The molecule has 1 aromatic heterocycles. The van der Waals surface area contributed by atoms with Gasteiger partial charge in [-0.3, -0.25) is 14.2 Å². The molecule has 3 aromatic rings. The van der Waals surface area contributed by atoms with Crippen LogP contribution in [0.4, 0.5) is 0 Å². The monoisotopic (exact) mass is 424 g/mol. The Morgan fingerprint density at radius 1 is 1.24 bits per heavy atom. The van der Waals surface area contributed by atoms with Crippen LogP contribution in [0.2, 0.25) is 5.02 Å². The van der Waals surface area contributed by atoms with Gasteiger partial charge >= 0.3 is 0 Å². The second-order valence-corrected chi connectivity index (χ2v) is 8.85. The van der Waals surface area contributed by atoms with E-state index in [1.807, 2.05) is 49.4 Å². The summed E-state index contributed by atoms with van der Waals surface area (Å²) in [5, 5.41) is 0.571. The number of ketones is 1. The quantitative estimate of drug-likeness (QED) is 0.635. The summed E-state index contributed by atoms with van der Waals surface area (Å²) in [7, 11) is 0. The van der Waals surface area contributed by atoms with Crippen molar-refractivity contribution < 1.29 is 9.53 Å². The van der Waals surface area contributed by atoms with Gasteiger partial charge in [-0.25, -0.2) is 4.99 Å². The molecule has 0 saturated carbocycles. The average Bonchev–Trinajstić information content (AvgIpc) is 2.96. The number of aromatic nitrogens is 1. The van der Waals surface area contributed by atoms with Crippen LogP contribution < -0.4 is 19.6 Å². The van der Waals surface area contributed by atoms with Crippen molar-refractivity contribution in [1.82, 2.24) is 4.57 Å². The van der Waals surface area contributed by atoms with Crippen LogP contribution in [0.25, 0.3) is 6.08 Å². The van der Waals surface area contributed by atoms with Gasteiger partial charge in [0.15, 0.2) is 4.80 Å². The number of nitrogens with zero attached hydrogens (tertiary/aromatic N) is 2. The highest BCUT2D eigenvalue weighted by molar-refractivity contribution is 7.07. The molecule has 0 radical (unpaired) electrons. The van der Waals surface area contributed by atoms with Crippen LogP contribution in [0, 0.1) is 5.92 Å². The molecule has 2 aliphatic heterocycles. The van der Waals surface area contributed by atoms with Crippen molar-refractivity contribution in [1.29, 1.82) is 0 Å². The van der Waals surface area contributed by atoms with Gasteiger partial charge in [0.1, 0.15) is 17.5 Å². The Balaban J connectivity index is 1.83. The largest absolute Gasteiger partial charge is 0.465 e. The van der Waals surface area contributed by atoms with E-state index in [1.165, 1.54) is 18.3 Å². The topological polar surface area (TPSA) is 60.7 Å². The molecule has 2 bridgehead atoms. The molecule has 3 unspecified atom stereocenters. The zero-order valence-electron chi connectivity index (χ0n) is 15.8. The Morgan fingerprint density at radius 2 is 1.97 bits per heavy atom. The van der Waals surface area contributed by atoms with Gasteiger partial charge in [-0.1, -0.05) is 59.3 Å². The normalized spacial score (nSPS) is 24.9. The Hall–Kier alpha value is -2.70. The van der Waals surface area contributed by atoms with E-state index < -0.39 is 17.7 Å². The van der Waals surface area contributed by atoms with Crippen molar-refractivity contribution in [3.63, 3.8) is 0 Å². The average molecular weight is 425 g/mol. The highest BCUT2D eigenvalue weighted by atomic mass is 35.5. The highest BCUT2D eigenvalue weighted by Crippen LogP contribution is 2.47. The fourth-order valence-corrected chi connectivity index (χ4v) is 5.57. The summed E-state index contributed by atoms with van der Waals surface area (Å²) in [6.07, 6.45) is 1.78. The first-order valence-corrected chi connectivity index (χ1v) is 10.4. The van der Waals surface area contributed by atoms with E-state index in [2.05, 4.69) is 0 Å². The summed E-state index contributed by atoms with van der Waals surface area (Å²) in [6.45, 7) is 3.34. The lowest BCUT2D eigenvalue weighted by Crippen LogP contribution is -2.58. The molecule has 5 rings (SSSR count). The number of thiazole rings is 1. The number of hydrogen-bond donors (Lipinski definition) is 0. The first-order valence-electron chi connectivity index (χ1n) is 9.25. The number of halogens is 1. The third-order valence-corrected chi connectivity index (χ3v) is 6.84. The number of benzene rings is 2. The Bertz CT molecular complexity index is 1340. The Kier molecular flexibility index (Phi) is 4.05. The first-order chi connectivity index (χ1) is 13.9. The summed E-state index contributed by atoms with van der Waals surface area (Å²) in [6, 6.07) is 14.4. The molecule has 146 valence electrons. The molecule has 2 aromatic carbocycles. The zero-order valence-corrected chi connectivity index (χ0v) is 17.3. The summed E-state index contributed by atoms with van der Waals surface area (Å²) in [4.78, 5) is 31.3. The standard InChI is InChI=1S/C22H17ClN2O3S/c1-12(26)18-19-14-8-4-6-10-16(14)28-22(18,2)24-21-25(19)20(27)17(29-21)11-13-7-3-5-9-15(13)23/h3-11,18-19H,1-2H3. The molecule has 2 aliphatic rings. The molecule has 0 fully saturated rings. The molecule has 5 nitrogen and oxygen atoms in total. The molecule has 3 heterocycles. The maximum absolute atomic E-state index is 13.4. The maximum Gasteiger partial charge on any atom is 0.270 e. The van der Waals surface area contributed by atoms with E-state index in [0.29, 0.717) is 20.1 Å². The van der Waals surface area contributed by atoms with Gasteiger partial charge in [0.2, 0.25) is 5.72 Å². The molecule has 0 saturated heterocycles. The molecule has 0 amide bonds. The Labute approximate surface area is 175 Å². The van der Waals surface area contributed by atoms with Crippen LogP contribution in [0.1, 0.15) is 31.0 Å². The molecule has 29 heavy (non-hydrogen) atoms. The van der Waals surface area contributed by atoms with Crippen LogP contribution in [0.15, 0.2) is 58.3 Å². The number of rotatable bonds is 2. The molecular weight excluding hydrogens is 408 g/mol. The zero-order chi connectivity index (χ0) is 20.3. The second-order valence-electron chi connectivity index (χ2n) is 7.43. The van der Waals surface area contributed by atoms with E-state index in [4.69, 9.17) is 21.3 Å². The SMILES string of the molecule is CC(=O)C1C2c3ccccc3OC1(C)N=c1sc(=Cc3ccccc3Cl)c(=O)n12. The number of Topliss-reactive ketones (excluding diaryl/α,β-unsaturated/α-hetero) is 1. The van der Waals surface area contributed by atoms with Crippen molar-refractivity contribution in [2.75, 3.05) is 0 Å². The van der Waals surface area contributed by atoms with Crippen molar-refractivity contribution in [2.24, 2.45) is 10.9 Å². The fourth-order valence-electron chi connectivity index (χ4n) is 4.29. The fraction of sp³-hybridized carbons (Fsp3) is 0.227. The maximum atomic E-state index is 13.4. The molecule has 0 aliphatic carbocycles. The highest BCUT2D eigenvalue weighted by Gasteiger charge is 2.53. The molecule has 0 spiro atoms. The number of fused-ring (bicyclic) bond motifs is 6. The van der Waals surface area contributed by atoms with Crippen LogP contribution in [-0.4, -0.2) is 16.1 Å². The molecular formula is C22H17ClN2O3S. The van der Waals surface area contributed by atoms with Gasteiger partial charge in [0, 0.05) is 10.6 Å². The third kappa shape index (κ3) is 2.70. The number of carbonyl (C=O) groups is 1. The summed E-state index contributed by atoms with van der Waals surface area (Å²) in [5.41, 5.74) is 0.359. The summed E-state index contributed by atoms with van der Waals surface area (Å²) < 4.78 is 8.34. The minimum atomic E-state index is -1.05. The van der Waals surface area contributed by atoms with E-state index in [-0.39, 0.29) is 11.3 Å². The number of para-hydroxylation sites is 1. The van der Waals surface area contributed by atoms with Crippen molar-refractivity contribution >= 4 is 34.8 Å². The molecule has 7 heteroatoms. The van der Waals surface area contributed by atoms with Crippen LogP contribution in [0.5, 0.6) is 5.75 Å². The second kappa shape index (κ2) is 6.40. The Morgan fingerprint density at radius 3 is 2.72 bits per heavy atom. The third-order valence-electron chi connectivity index (χ3n) is 5.51. The van der Waals surface area contributed by atoms with E-state index in [9.17, 15) is 9.59 Å². The van der Waals surface area contributed by atoms with Gasteiger partial charge in [-0.05, 0) is 37.6 Å². The lowest BCUT2D eigenvalue weighted by Gasteiger charge is -2.45. The van der Waals surface area contributed by atoms with E-state index in [1.54, 1.807) is 16.7 Å². The van der Waals surface area contributed by atoms with Gasteiger partial charge in [-0.2, -0.15) is 0 Å². The lowest BCUT2D eigenvalue weighted by molar-refractivity contribution is -0.132. The van der Waals surface area contributed by atoms with E-state index in [0.717, 1.165) is 11.1 Å². The van der Waals surface area contributed by atoms with Gasteiger partial charge in [0.05, 0.1) is 10.6 Å². The number of hydrogen-bond acceptors (Lipinski definition) is 5. The molecule has 3 atom stereocenters. The number of carbonyl (C=O) groups excluding carboxylic acids is 1. The lowest BCUT2D eigenvalue weighted by atomic mass is 9.79. The minimum absolute atomic E-state index is 0.0591. The minimum Gasteiger partial charge on any atom is -0.465 e. The summed E-state index contributed by atoms with van der Waals surface area (Å²) >= 11 is 7.56. The van der Waals surface area contributed by atoms with Gasteiger partial charge in [0.25, 0.3) is 5.56 Å². The van der Waals surface area contributed by atoms with E-state index >= 15 is 0 Å². The van der Waals surface area contributed by atoms with Crippen molar-refractivity contribution in [3.8, 4) is 5.75 Å². The summed E-state index contributed by atoms with van der Waals surface area (Å²) in [5.74, 6) is 0.0168. The van der Waals surface area contributed by atoms with Crippen molar-refractivity contribution in [3.05, 3.63) is 84.4 Å². The molecule has 0 N–H and O–H groups in total. The van der Waals surface area contributed by atoms with Gasteiger partial charge in [-0.15, -0.1) is 0 Å². The smallest absolute Gasteiger partial charge is 0.270 e. The van der Waals surface area contributed by atoms with Crippen LogP contribution >= 0.6 is 22.9 Å². The van der Waals surface area contributed by atoms with Gasteiger partial charge < -0.3 is 4.74 Å². The predicted octanol–water partition coefficient (Wildman–Crippen LogP) is 2.93. The van der Waals surface area contributed by atoms with Crippen LogP contribution in [0.3, 0.4) is 0 Å². The van der Waals surface area contributed by atoms with Crippen LogP contribution in [-0.2, 0) is 4.79 Å².